The van der Waals surface area contributed by atoms with Crippen molar-refractivity contribution >= 4 is 23.4 Å². The standard InChI is InChI=1S/C11H12N4O2S/c1-15-6-7(5-14-15)18-10-9(12)8(3-4-13-10)11(16)17-2/h3-6H,12H2,1-2H3. The van der Waals surface area contributed by atoms with E-state index in [9.17, 15) is 4.79 Å². The summed E-state index contributed by atoms with van der Waals surface area (Å²) >= 11 is 1.35. The lowest BCUT2D eigenvalue weighted by atomic mass is 10.2. The first kappa shape index (κ1) is 12.4. The van der Waals surface area contributed by atoms with Crippen molar-refractivity contribution in [2.75, 3.05) is 12.8 Å². The maximum atomic E-state index is 11.5. The van der Waals surface area contributed by atoms with E-state index >= 15 is 0 Å². The van der Waals surface area contributed by atoms with Crippen LogP contribution in [0.25, 0.3) is 0 Å². The molecule has 7 heteroatoms. The van der Waals surface area contributed by atoms with Gasteiger partial charge in [0, 0.05) is 19.4 Å². The third-order valence-corrected chi connectivity index (χ3v) is 3.22. The van der Waals surface area contributed by atoms with Crippen LogP contribution in [-0.2, 0) is 11.8 Å². The van der Waals surface area contributed by atoms with Crippen molar-refractivity contribution in [3.05, 3.63) is 30.2 Å². The van der Waals surface area contributed by atoms with Crippen LogP contribution in [0.3, 0.4) is 0 Å². The number of aromatic nitrogens is 3. The summed E-state index contributed by atoms with van der Waals surface area (Å²) in [5.74, 6) is -0.470. The van der Waals surface area contributed by atoms with Crippen molar-refractivity contribution in [3.63, 3.8) is 0 Å². The number of rotatable bonds is 3. The Bertz CT molecular complexity index is 582. The van der Waals surface area contributed by atoms with Crippen LogP contribution in [0.4, 0.5) is 5.69 Å². The second kappa shape index (κ2) is 5.09. The van der Waals surface area contributed by atoms with Crippen LogP contribution in [0.5, 0.6) is 0 Å². The fraction of sp³-hybridized carbons (Fsp3) is 0.182. The van der Waals surface area contributed by atoms with E-state index in [1.54, 1.807) is 10.9 Å². The van der Waals surface area contributed by atoms with E-state index in [-0.39, 0.29) is 0 Å². The van der Waals surface area contributed by atoms with Crippen LogP contribution in [0.1, 0.15) is 10.4 Å². The van der Waals surface area contributed by atoms with Gasteiger partial charge < -0.3 is 10.5 Å². The van der Waals surface area contributed by atoms with Gasteiger partial charge in [-0.3, -0.25) is 4.68 Å². The Hall–Kier alpha value is -2.02. The lowest BCUT2D eigenvalue weighted by Crippen LogP contribution is -2.07. The van der Waals surface area contributed by atoms with Gasteiger partial charge in [0.25, 0.3) is 0 Å². The minimum atomic E-state index is -0.470. The molecule has 0 unspecified atom stereocenters. The number of pyridine rings is 1. The normalized spacial score (nSPS) is 10.3. The number of anilines is 1. The number of nitrogens with two attached hydrogens (primary N) is 1. The van der Waals surface area contributed by atoms with E-state index in [0.29, 0.717) is 16.3 Å². The van der Waals surface area contributed by atoms with Gasteiger partial charge in [0.2, 0.25) is 0 Å². The second-order valence-corrected chi connectivity index (χ2v) is 4.58. The Kier molecular flexibility index (Phi) is 3.52. The molecule has 94 valence electrons. The molecule has 2 aromatic heterocycles. The molecule has 0 bridgehead atoms. The molecule has 0 saturated heterocycles. The molecule has 0 saturated carbocycles. The number of nitrogen functional groups attached to an aromatic ring is 1. The highest BCUT2D eigenvalue weighted by Crippen LogP contribution is 2.31. The third kappa shape index (κ3) is 2.45. The number of esters is 1. The molecule has 18 heavy (non-hydrogen) atoms. The monoisotopic (exact) mass is 264 g/mol. The van der Waals surface area contributed by atoms with Gasteiger partial charge in [-0.05, 0) is 6.07 Å². The zero-order valence-corrected chi connectivity index (χ0v) is 10.8. The molecule has 0 amide bonds. The Morgan fingerprint density at radius 3 is 2.94 bits per heavy atom. The van der Waals surface area contributed by atoms with Crippen molar-refractivity contribution in [1.29, 1.82) is 0 Å². The first-order valence-corrected chi connectivity index (χ1v) is 5.92. The van der Waals surface area contributed by atoms with Crippen LogP contribution < -0.4 is 5.73 Å². The highest BCUT2D eigenvalue weighted by Gasteiger charge is 2.14. The highest BCUT2D eigenvalue weighted by atomic mass is 32.2. The van der Waals surface area contributed by atoms with Gasteiger partial charge >= 0.3 is 5.97 Å². The van der Waals surface area contributed by atoms with Crippen LogP contribution in [0.15, 0.2) is 34.6 Å². The molecule has 0 atom stereocenters. The Labute approximate surface area is 108 Å². The summed E-state index contributed by atoms with van der Waals surface area (Å²) in [5.41, 5.74) is 6.54. The number of nitrogens with zero attached hydrogens (tertiary/aromatic N) is 3. The Morgan fingerprint density at radius 1 is 1.56 bits per heavy atom. The Morgan fingerprint density at radius 2 is 2.33 bits per heavy atom. The number of hydrogen-bond donors (Lipinski definition) is 1. The largest absolute Gasteiger partial charge is 0.465 e. The van der Waals surface area contributed by atoms with E-state index in [1.807, 2.05) is 13.2 Å². The van der Waals surface area contributed by atoms with Gasteiger partial charge in [0.05, 0.1) is 29.5 Å². The van der Waals surface area contributed by atoms with E-state index < -0.39 is 5.97 Å². The van der Waals surface area contributed by atoms with Crippen molar-refractivity contribution < 1.29 is 9.53 Å². The molecule has 2 heterocycles. The maximum absolute atomic E-state index is 11.5. The molecule has 2 N–H and O–H groups in total. The molecular formula is C11H12N4O2S. The lowest BCUT2D eigenvalue weighted by Gasteiger charge is -2.06. The smallest absolute Gasteiger partial charge is 0.340 e. The topological polar surface area (TPSA) is 83.0 Å². The third-order valence-electron chi connectivity index (χ3n) is 2.25. The Balaban J connectivity index is 2.31. The van der Waals surface area contributed by atoms with E-state index in [2.05, 4.69) is 14.8 Å². The summed E-state index contributed by atoms with van der Waals surface area (Å²) in [6, 6.07) is 1.54. The van der Waals surface area contributed by atoms with Gasteiger partial charge in [-0.25, -0.2) is 9.78 Å². The molecule has 0 aliphatic rings. The van der Waals surface area contributed by atoms with Gasteiger partial charge in [0.1, 0.15) is 5.03 Å². The van der Waals surface area contributed by atoms with Crippen molar-refractivity contribution in [2.45, 2.75) is 9.92 Å². The number of methoxy groups -OCH3 is 1. The number of hydrogen-bond acceptors (Lipinski definition) is 6. The summed E-state index contributed by atoms with van der Waals surface area (Å²) < 4.78 is 6.34. The molecule has 0 fully saturated rings. The molecule has 0 spiro atoms. The van der Waals surface area contributed by atoms with Crippen LogP contribution in [0.2, 0.25) is 0 Å². The molecule has 0 aromatic carbocycles. The molecule has 0 radical (unpaired) electrons. The SMILES string of the molecule is COC(=O)c1ccnc(Sc2cnn(C)c2)c1N. The van der Waals surface area contributed by atoms with Gasteiger partial charge in [-0.15, -0.1) is 0 Å². The minimum absolute atomic E-state index is 0.318. The number of aryl methyl sites for hydroxylation is 1. The first-order chi connectivity index (χ1) is 8.61. The number of carbonyl (C=O) groups excluding carboxylic acids is 1. The maximum Gasteiger partial charge on any atom is 0.340 e. The minimum Gasteiger partial charge on any atom is -0.465 e. The van der Waals surface area contributed by atoms with E-state index in [4.69, 9.17) is 5.73 Å². The fourth-order valence-electron chi connectivity index (χ4n) is 1.39. The fourth-order valence-corrected chi connectivity index (χ4v) is 2.25. The first-order valence-electron chi connectivity index (χ1n) is 5.11. The van der Waals surface area contributed by atoms with Crippen LogP contribution in [0, 0.1) is 0 Å². The molecule has 2 rings (SSSR count). The average Bonchev–Trinajstić information content (AvgIpc) is 2.76. The van der Waals surface area contributed by atoms with Crippen LogP contribution >= 0.6 is 11.8 Å². The summed E-state index contributed by atoms with van der Waals surface area (Å²) in [5, 5.41) is 4.61. The van der Waals surface area contributed by atoms with E-state index in [0.717, 1.165) is 4.90 Å². The van der Waals surface area contributed by atoms with Gasteiger partial charge in [-0.1, -0.05) is 11.8 Å². The number of ether oxygens (including phenoxy) is 1. The quantitative estimate of drug-likeness (QED) is 0.842. The summed E-state index contributed by atoms with van der Waals surface area (Å²) in [6.07, 6.45) is 5.08. The zero-order chi connectivity index (χ0) is 13.1. The molecule has 6 nitrogen and oxygen atoms in total. The number of carbonyl (C=O) groups is 1. The summed E-state index contributed by atoms with van der Waals surface area (Å²) in [6.45, 7) is 0. The van der Waals surface area contributed by atoms with Gasteiger partial charge in [-0.2, -0.15) is 5.10 Å². The average molecular weight is 264 g/mol. The van der Waals surface area contributed by atoms with Crippen LogP contribution in [-0.4, -0.2) is 27.8 Å². The highest BCUT2D eigenvalue weighted by molar-refractivity contribution is 7.99. The molecule has 0 aliphatic carbocycles. The predicted molar refractivity (Wildman–Crippen MR) is 67.3 cm³/mol. The molecule has 2 aromatic rings. The molecular weight excluding hydrogens is 252 g/mol. The van der Waals surface area contributed by atoms with E-state index in [1.165, 1.54) is 31.1 Å². The molecule has 0 aliphatic heterocycles. The van der Waals surface area contributed by atoms with Gasteiger partial charge in [0.15, 0.2) is 0 Å². The predicted octanol–water partition coefficient (Wildman–Crippen LogP) is 1.34. The second-order valence-electron chi connectivity index (χ2n) is 3.52. The van der Waals surface area contributed by atoms with Crippen molar-refractivity contribution in [1.82, 2.24) is 14.8 Å². The summed E-state index contributed by atoms with van der Waals surface area (Å²) in [4.78, 5) is 16.5. The van der Waals surface area contributed by atoms with Crippen molar-refractivity contribution in [3.8, 4) is 0 Å². The van der Waals surface area contributed by atoms with Crippen molar-refractivity contribution in [2.24, 2.45) is 7.05 Å². The lowest BCUT2D eigenvalue weighted by molar-refractivity contribution is 0.0601. The summed E-state index contributed by atoms with van der Waals surface area (Å²) in [7, 11) is 3.14. The zero-order valence-electron chi connectivity index (χ0n) is 9.95.